The number of nitrogens with one attached hydrogen (secondary N) is 1. The van der Waals surface area contributed by atoms with Crippen molar-refractivity contribution in [1.82, 2.24) is 4.98 Å². The maximum atomic E-state index is 12.2. The summed E-state index contributed by atoms with van der Waals surface area (Å²) < 4.78 is 7.33. The lowest BCUT2D eigenvalue weighted by Gasteiger charge is -2.04. The Bertz CT molecular complexity index is 1210. The van der Waals surface area contributed by atoms with Gasteiger partial charge in [0.15, 0.2) is 0 Å². The van der Waals surface area contributed by atoms with Crippen LogP contribution in [0.1, 0.15) is 15.9 Å². The fourth-order valence-electron chi connectivity index (χ4n) is 2.61. The largest absolute Gasteiger partial charge is 0.423 e. The van der Waals surface area contributed by atoms with Crippen LogP contribution in [0.4, 0.5) is 5.13 Å². The predicted molar refractivity (Wildman–Crippen MR) is 132 cm³/mol. The molecule has 4 rings (SSSR count). The summed E-state index contributed by atoms with van der Waals surface area (Å²) in [5, 5.41) is 6.92. The first-order valence-electron chi connectivity index (χ1n) is 9.15. The Morgan fingerprint density at radius 3 is 2.26 bits per heavy atom. The number of esters is 1. The van der Waals surface area contributed by atoms with Crippen LogP contribution in [-0.2, 0) is 0 Å². The van der Waals surface area contributed by atoms with Gasteiger partial charge in [-0.1, -0.05) is 44.0 Å². The molecule has 0 fully saturated rings. The average molecular weight is 557 g/mol. The molecule has 1 heterocycles. The van der Waals surface area contributed by atoms with Crippen LogP contribution in [0.3, 0.4) is 0 Å². The molecule has 0 saturated carbocycles. The van der Waals surface area contributed by atoms with Crippen molar-refractivity contribution in [3.63, 3.8) is 0 Å². The van der Waals surface area contributed by atoms with Gasteiger partial charge in [0, 0.05) is 19.9 Å². The highest BCUT2D eigenvalue weighted by Gasteiger charge is 2.08. The highest BCUT2D eigenvalue weighted by molar-refractivity contribution is 9.10. The van der Waals surface area contributed by atoms with Crippen molar-refractivity contribution in [3.05, 3.63) is 98.2 Å². The Balaban J connectivity index is 1.33. The Morgan fingerprint density at radius 2 is 1.58 bits per heavy atom. The zero-order valence-corrected chi connectivity index (χ0v) is 19.9. The number of hydrogen-bond acceptors (Lipinski definition) is 6. The number of ether oxygens (including phenoxy) is 1. The molecule has 0 aliphatic carbocycles. The number of anilines is 1. The molecule has 0 unspecified atom stereocenters. The number of aromatic nitrogens is 1. The third-order valence-corrected chi connectivity index (χ3v) is 5.99. The highest BCUT2D eigenvalue weighted by Crippen LogP contribution is 2.26. The molecule has 0 amide bonds. The monoisotopic (exact) mass is 555 g/mol. The van der Waals surface area contributed by atoms with Crippen molar-refractivity contribution >= 4 is 60.5 Å². The molecular formula is C23H15Br2N3O2S. The molecular weight excluding hydrogens is 542 g/mol. The molecule has 5 nitrogen and oxygen atoms in total. The third kappa shape index (κ3) is 5.88. The first-order chi connectivity index (χ1) is 15.1. The number of rotatable bonds is 6. The van der Waals surface area contributed by atoms with Crippen LogP contribution in [0.25, 0.3) is 11.3 Å². The maximum absolute atomic E-state index is 12.2. The normalized spacial score (nSPS) is 10.9. The number of benzene rings is 3. The van der Waals surface area contributed by atoms with E-state index >= 15 is 0 Å². The summed E-state index contributed by atoms with van der Waals surface area (Å²) in [6.45, 7) is 0. The van der Waals surface area contributed by atoms with Crippen LogP contribution >= 0.6 is 43.2 Å². The van der Waals surface area contributed by atoms with E-state index in [4.69, 9.17) is 4.74 Å². The molecule has 0 atom stereocenters. The number of carbonyl (C=O) groups excluding carboxylic acids is 1. The summed E-state index contributed by atoms with van der Waals surface area (Å²) in [7, 11) is 0. The topological polar surface area (TPSA) is 63.6 Å². The predicted octanol–water partition coefficient (Wildman–Crippen LogP) is 7.00. The van der Waals surface area contributed by atoms with Crippen LogP contribution in [0.2, 0.25) is 0 Å². The van der Waals surface area contributed by atoms with Crippen LogP contribution < -0.4 is 10.2 Å². The molecule has 4 aromatic rings. The second-order valence-electron chi connectivity index (χ2n) is 6.38. The van der Waals surface area contributed by atoms with Gasteiger partial charge in [0.2, 0.25) is 5.13 Å². The smallest absolute Gasteiger partial charge is 0.343 e. The van der Waals surface area contributed by atoms with Crippen molar-refractivity contribution < 1.29 is 9.53 Å². The Labute approximate surface area is 200 Å². The molecule has 0 bridgehead atoms. The Hall–Kier alpha value is -2.81. The number of hydrogen-bond donors (Lipinski definition) is 1. The number of thiazole rings is 1. The first-order valence-corrected chi connectivity index (χ1v) is 11.6. The summed E-state index contributed by atoms with van der Waals surface area (Å²) in [5.74, 6) is 0.0676. The molecule has 154 valence electrons. The summed E-state index contributed by atoms with van der Waals surface area (Å²) in [6, 6.07) is 22.1. The van der Waals surface area contributed by atoms with Gasteiger partial charge in [0.25, 0.3) is 0 Å². The molecule has 0 radical (unpaired) electrons. The maximum Gasteiger partial charge on any atom is 0.343 e. The SMILES string of the molecule is O=C(Oc1ccc(/C=N\Nc2nc(-c3ccc(Br)cc3)cs2)cc1)c1ccc(Br)cc1. The quantitative estimate of drug-likeness (QED) is 0.120. The highest BCUT2D eigenvalue weighted by atomic mass is 79.9. The number of halogens is 2. The summed E-state index contributed by atoms with van der Waals surface area (Å²) >= 11 is 8.26. The van der Waals surface area contributed by atoms with Crippen molar-refractivity contribution in [2.75, 3.05) is 5.43 Å². The second-order valence-corrected chi connectivity index (χ2v) is 9.07. The lowest BCUT2D eigenvalue weighted by atomic mass is 10.2. The molecule has 0 aliphatic rings. The molecule has 31 heavy (non-hydrogen) atoms. The van der Waals surface area contributed by atoms with E-state index in [0.29, 0.717) is 16.4 Å². The Morgan fingerprint density at radius 1 is 0.935 bits per heavy atom. The van der Waals surface area contributed by atoms with Crippen LogP contribution in [0.5, 0.6) is 5.75 Å². The van der Waals surface area contributed by atoms with Crippen molar-refractivity contribution in [1.29, 1.82) is 0 Å². The van der Waals surface area contributed by atoms with Gasteiger partial charge in [-0.3, -0.25) is 5.43 Å². The molecule has 0 spiro atoms. The summed E-state index contributed by atoms with van der Waals surface area (Å²) in [5.41, 5.74) is 6.24. The van der Waals surface area contributed by atoms with E-state index in [9.17, 15) is 4.79 Å². The van der Waals surface area contributed by atoms with E-state index in [2.05, 4.69) is 47.4 Å². The first kappa shape index (κ1) is 21.4. The fourth-order valence-corrected chi connectivity index (χ4v) is 3.81. The molecule has 0 saturated heterocycles. The lowest BCUT2D eigenvalue weighted by Crippen LogP contribution is -2.08. The van der Waals surface area contributed by atoms with Crippen molar-refractivity contribution in [2.24, 2.45) is 5.10 Å². The molecule has 3 aromatic carbocycles. The van der Waals surface area contributed by atoms with Gasteiger partial charge in [-0.25, -0.2) is 9.78 Å². The van der Waals surface area contributed by atoms with Crippen molar-refractivity contribution in [3.8, 4) is 17.0 Å². The summed E-state index contributed by atoms with van der Waals surface area (Å²) in [4.78, 5) is 16.7. The molecule has 0 aliphatic heterocycles. The van der Waals surface area contributed by atoms with E-state index in [1.165, 1.54) is 11.3 Å². The van der Waals surface area contributed by atoms with Gasteiger partial charge in [-0.05, 0) is 66.2 Å². The minimum Gasteiger partial charge on any atom is -0.423 e. The van der Waals surface area contributed by atoms with Crippen molar-refractivity contribution in [2.45, 2.75) is 0 Å². The average Bonchev–Trinajstić information content (AvgIpc) is 3.25. The van der Waals surface area contributed by atoms with Gasteiger partial charge in [0.05, 0.1) is 17.5 Å². The molecule has 8 heteroatoms. The fraction of sp³-hybridized carbons (Fsp3) is 0. The summed E-state index contributed by atoms with van der Waals surface area (Å²) in [6.07, 6.45) is 1.68. The van der Waals surface area contributed by atoms with Gasteiger partial charge >= 0.3 is 5.97 Å². The van der Waals surface area contributed by atoms with E-state index in [-0.39, 0.29) is 0 Å². The van der Waals surface area contributed by atoms with E-state index in [0.717, 1.165) is 25.8 Å². The number of hydrazone groups is 1. The lowest BCUT2D eigenvalue weighted by molar-refractivity contribution is 0.0734. The minimum absolute atomic E-state index is 0.402. The van der Waals surface area contributed by atoms with Gasteiger partial charge in [-0.15, -0.1) is 11.3 Å². The minimum atomic E-state index is -0.402. The van der Waals surface area contributed by atoms with E-state index in [1.54, 1.807) is 42.6 Å². The van der Waals surface area contributed by atoms with Crippen LogP contribution in [0, 0.1) is 0 Å². The van der Waals surface area contributed by atoms with E-state index < -0.39 is 5.97 Å². The third-order valence-electron chi connectivity index (χ3n) is 4.19. The zero-order chi connectivity index (χ0) is 21.6. The number of nitrogens with zero attached hydrogens (tertiary/aromatic N) is 2. The van der Waals surface area contributed by atoms with E-state index in [1.807, 2.05) is 41.8 Å². The molecule has 1 aromatic heterocycles. The van der Waals surface area contributed by atoms with Crippen LogP contribution in [0.15, 0.2) is 92.2 Å². The second kappa shape index (κ2) is 10.00. The number of carbonyl (C=O) groups is 1. The van der Waals surface area contributed by atoms with Gasteiger partial charge < -0.3 is 4.74 Å². The van der Waals surface area contributed by atoms with Gasteiger partial charge in [0.1, 0.15) is 5.75 Å². The Kier molecular flexibility index (Phi) is 6.91. The van der Waals surface area contributed by atoms with Crippen LogP contribution in [-0.4, -0.2) is 17.2 Å². The standard InChI is InChI=1S/C23H15Br2N3O2S/c24-18-7-3-16(4-8-18)21-14-31-23(27-21)28-26-13-15-1-11-20(12-2-15)30-22(29)17-5-9-19(25)10-6-17/h1-14H,(H,27,28)/b26-13-. The molecule has 1 N–H and O–H groups in total. The zero-order valence-electron chi connectivity index (χ0n) is 16.0. The van der Waals surface area contributed by atoms with Gasteiger partial charge in [-0.2, -0.15) is 5.10 Å².